The predicted molar refractivity (Wildman–Crippen MR) is 49.5 cm³/mol. The molecule has 0 saturated heterocycles. The number of nitrogens with zero attached hydrogens (tertiary/aromatic N) is 2. The zero-order valence-electron chi connectivity index (χ0n) is 7.53. The molecule has 0 aliphatic carbocycles. The third kappa shape index (κ3) is 1.42. The fraction of sp³-hybridized carbons (Fsp3) is 0.375. The molecule has 2 N–H and O–H groups in total. The summed E-state index contributed by atoms with van der Waals surface area (Å²) in [5.41, 5.74) is 7.26. The fourth-order valence-corrected chi connectivity index (χ4v) is 0.997. The highest BCUT2D eigenvalue weighted by atomic mass is 16.5. The van der Waals surface area contributed by atoms with Gasteiger partial charge in [-0.05, 0) is 6.07 Å². The molecule has 4 nitrogen and oxygen atoms in total. The van der Waals surface area contributed by atoms with Crippen molar-refractivity contribution in [3.05, 3.63) is 12.3 Å². The first-order valence-electron chi connectivity index (χ1n) is 3.62. The van der Waals surface area contributed by atoms with E-state index in [0.29, 0.717) is 11.6 Å². The number of hydrogen-bond donors (Lipinski definition) is 1. The molecule has 1 aromatic rings. The van der Waals surface area contributed by atoms with Gasteiger partial charge in [0.05, 0.1) is 12.8 Å². The summed E-state index contributed by atoms with van der Waals surface area (Å²) < 4.78 is 4.97. The minimum atomic E-state index is 0.473. The Bertz CT molecular complexity index is 273. The van der Waals surface area contributed by atoms with Crippen molar-refractivity contribution in [3.8, 4) is 5.88 Å². The number of nitrogens with two attached hydrogens (primary N) is 1. The molecule has 1 aromatic heterocycles. The largest absolute Gasteiger partial charge is 0.479 e. The van der Waals surface area contributed by atoms with Crippen LogP contribution in [0.4, 0.5) is 11.4 Å². The Balaban J connectivity index is 3.14. The molecule has 0 atom stereocenters. The maximum absolute atomic E-state index is 5.77. The van der Waals surface area contributed by atoms with Crippen molar-refractivity contribution in [2.45, 2.75) is 0 Å². The van der Waals surface area contributed by atoms with Gasteiger partial charge in [-0.25, -0.2) is 4.98 Å². The second kappa shape index (κ2) is 3.30. The lowest BCUT2D eigenvalue weighted by atomic mass is 10.3. The Morgan fingerprint density at radius 3 is 2.67 bits per heavy atom. The molecule has 66 valence electrons. The second-order valence-electron chi connectivity index (χ2n) is 2.65. The Kier molecular flexibility index (Phi) is 2.38. The van der Waals surface area contributed by atoms with E-state index in [1.165, 1.54) is 0 Å². The number of pyridine rings is 1. The molecule has 0 bridgehead atoms. The second-order valence-corrected chi connectivity index (χ2v) is 2.65. The molecule has 0 aliphatic heterocycles. The molecular formula is C8H13N3O. The maximum Gasteiger partial charge on any atom is 0.239 e. The first-order valence-corrected chi connectivity index (χ1v) is 3.62. The van der Waals surface area contributed by atoms with E-state index in [0.717, 1.165) is 5.69 Å². The molecule has 0 aliphatic rings. The molecule has 4 heteroatoms. The summed E-state index contributed by atoms with van der Waals surface area (Å²) in [6, 6.07) is 1.85. The highest BCUT2D eigenvalue weighted by Gasteiger charge is 2.06. The van der Waals surface area contributed by atoms with E-state index in [9.17, 15) is 0 Å². The average molecular weight is 167 g/mol. The van der Waals surface area contributed by atoms with Crippen LogP contribution < -0.4 is 15.4 Å². The number of nitrogen functional groups attached to an aromatic ring is 1. The van der Waals surface area contributed by atoms with Gasteiger partial charge in [0.2, 0.25) is 5.88 Å². The summed E-state index contributed by atoms with van der Waals surface area (Å²) in [7, 11) is 5.40. The molecule has 12 heavy (non-hydrogen) atoms. The minimum Gasteiger partial charge on any atom is -0.479 e. The first-order chi connectivity index (χ1) is 5.66. The molecule has 0 spiro atoms. The predicted octanol–water partition coefficient (Wildman–Crippen LogP) is 0.738. The topological polar surface area (TPSA) is 51.4 Å². The lowest BCUT2D eigenvalue weighted by Gasteiger charge is -2.15. The van der Waals surface area contributed by atoms with Crippen LogP contribution in [0.2, 0.25) is 0 Å². The van der Waals surface area contributed by atoms with E-state index < -0.39 is 0 Å². The summed E-state index contributed by atoms with van der Waals surface area (Å²) in [6.45, 7) is 0. The van der Waals surface area contributed by atoms with Crippen LogP contribution in [-0.2, 0) is 0 Å². The van der Waals surface area contributed by atoms with Gasteiger partial charge in [-0.1, -0.05) is 0 Å². The van der Waals surface area contributed by atoms with E-state index in [1.54, 1.807) is 13.3 Å². The number of hydrogen-bond acceptors (Lipinski definition) is 4. The van der Waals surface area contributed by atoms with Gasteiger partial charge in [-0.3, -0.25) is 0 Å². The van der Waals surface area contributed by atoms with Gasteiger partial charge in [0.15, 0.2) is 0 Å². The maximum atomic E-state index is 5.77. The Morgan fingerprint density at radius 2 is 2.17 bits per heavy atom. The van der Waals surface area contributed by atoms with Gasteiger partial charge >= 0.3 is 0 Å². The average Bonchev–Trinajstić information content (AvgIpc) is 2.04. The van der Waals surface area contributed by atoms with Gasteiger partial charge in [0, 0.05) is 20.3 Å². The van der Waals surface area contributed by atoms with Crippen LogP contribution >= 0.6 is 0 Å². The van der Waals surface area contributed by atoms with Crippen molar-refractivity contribution in [1.82, 2.24) is 4.98 Å². The van der Waals surface area contributed by atoms with E-state index >= 15 is 0 Å². The summed E-state index contributed by atoms with van der Waals surface area (Å²) in [5.74, 6) is 0.473. The van der Waals surface area contributed by atoms with Gasteiger partial charge in [0.1, 0.15) is 5.69 Å². The van der Waals surface area contributed by atoms with Crippen molar-refractivity contribution in [3.63, 3.8) is 0 Å². The Labute approximate surface area is 72.0 Å². The van der Waals surface area contributed by atoms with Gasteiger partial charge in [-0.2, -0.15) is 0 Å². The van der Waals surface area contributed by atoms with E-state index in [1.807, 2.05) is 25.1 Å². The number of ether oxygens (including phenoxy) is 1. The van der Waals surface area contributed by atoms with Gasteiger partial charge in [0.25, 0.3) is 0 Å². The van der Waals surface area contributed by atoms with Crippen molar-refractivity contribution in [1.29, 1.82) is 0 Å². The monoisotopic (exact) mass is 167 g/mol. The van der Waals surface area contributed by atoms with Crippen LogP contribution in [0.5, 0.6) is 5.88 Å². The summed E-state index contributed by atoms with van der Waals surface area (Å²) in [4.78, 5) is 5.88. The zero-order chi connectivity index (χ0) is 9.14. The molecule has 0 aromatic carbocycles. The Hall–Kier alpha value is -1.45. The third-order valence-corrected chi connectivity index (χ3v) is 1.61. The highest BCUT2D eigenvalue weighted by molar-refractivity contribution is 5.71. The molecular weight excluding hydrogens is 154 g/mol. The van der Waals surface area contributed by atoms with Crippen molar-refractivity contribution in [2.24, 2.45) is 0 Å². The van der Waals surface area contributed by atoms with Crippen LogP contribution in [0.1, 0.15) is 0 Å². The van der Waals surface area contributed by atoms with E-state index in [-0.39, 0.29) is 0 Å². The Morgan fingerprint density at radius 1 is 1.50 bits per heavy atom. The van der Waals surface area contributed by atoms with Crippen molar-refractivity contribution >= 4 is 11.4 Å². The molecule has 0 radical (unpaired) electrons. The molecule has 0 unspecified atom stereocenters. The van der Waals surface area contributed by atoms with E-state index in [2.05, 4.69) is 4.98 Å². The fourth-order valence-electron chi connectivity index (χ4n) is 0.997. The van der Waals surface area contributed by atoms with Crippen molar-refractivity contribution in [2.75, 3.05) is 31.8 Å². The number of aromatic nitrogens is 1. The number of rotatable bonds is 2. The molecule has 0 saturated carbocycles. The van der Waals surface area contributed by atoms with Crippen LogP contribution in [0, 0.1) is 0 Å². The smallest absolute Gasteiger partial charge is 0.239 e. The SMILES string of the molecule is COc1nccc(N(C)C)c1N. The zero-order valence-corrected chi connectivity index (χ0v) is 7.53. The van der Waals surface area contributed by atoms with Crippen LogP contribution in [0.25, 0.3) is 0 Å². The third-order valence-electron chi connectivity index (χ3n) is 1.61. The summed E-state index contributed by atoms with van der Waals surface area (Å²) >= 11 is 0. The standard InChI is InChI=1S/C8H13N3O/c1-11(2)6-4-5-10-8(12-3)7(6)9/h4-5H,9H2,1-3H3. The lowest BCUT2D eigenvalue weighted by Crippen LogP contribution is -2.12. The first kappa shape index (κ1) is 8.64. The molecule has 1 heterocycles. The lowest BCUT2D eigenvalue weighted by molar-refractivity contribution is 0.400. The van der Waals surface area contributed by atoms with Crippen LogP contribution in [0.3, 0.4) is 0 Å². The van der Waals surface area contributed by atoms with Gasteiger partial charge in [-0.15, -0.1) is 0 Å². The normalized spacial score (nSPS) is 9.58. The van der Waals surface area contributed by atoms with Crippen molar-refractivity contribution < 1.29 is 4.74 Å². The van der Waals surface area contributed by atoms with Crippen LogP contribution in [0.15, 0.2) is 12.3 Å². The summed E-state index contributed by atoms with van der Waals surface area (Å²) in [6.07, 6.45) is 1.67. The highest BCUT2D eigenvalue weighted by Crippen LogP contribution is 2.27. The van der Waals surface area contributed by atoms with Gasteiger partial charge < -0.3 is 15.4 Å². The molecule has 1 rings (SSSR count). The van der Waals surface area contributed by atoms with Crippen LogP contribution in [-0.4, -0.2) is 26.2 Å². The number of anilines is 2. The molecule has 0 fully saturated rings. The minimum absolute atomic E-state index is 0.473. The summed E-state index contributed by atoms with van der Waals surface area (Å²) in [5, 5.41) is 0. The quantitative estimate of drug-likeness (QED) is 0.705. The van der Waals surface area contributed by atoms with E-state index in [4.69, 9.17) is 10.5 Å². The molecule has 0 amide bonds. The number of methoxy groups -OCH3 is 1.